The second-order valence-corrected chi connectivity index (χ2v) is 5.41. The highest BCUT2D eigenvalue weighted by Crippen LogP contribution is 2.23. The predicted octanol–water partition coefficient (Wildman–Crippen LogP) is -0.290. The maximum absolute atomic E-state index is 12.3. The number of nitrogens with zero attached hydrogens (tertiary/aromatic N) is 2. The molecule has 6 nitrogen and oxygen atoms in total. The normalized spacial score (nSPS) is 26.0. The summed E-state index contributed by atoms with van der Waals surface area (Å²) in [7, 11) is 1.61. The molecule has 0 aromatic heterocycles. The third kappa shape index (κ3) is 3.84. The Kier molecular flexibility index (Phi) is 6.71. The zero-order chi connectivity index (χ0) is 13.8. The molecule has 0 spiro atoms. The molecular formula is C13H24ClN3O3. The highest BCUT2D eigenvalue weighted by Gasteiger charge is 2.38. The molecule has 0 bridgehead atoms. The fourth-order valence-corrected chi connectivity index (χ4v) is 2.84. The molecule has 116 valence electrons. The van der Waals surface area contributed by atoms with Crippen molar-refractivity contribution in [3.63, 3.8) is 0 Å². The average Bonchev–Trinajstić information content (AvgIpc) is 3.02. The van der Waals surface area contributed by atoms with Crippen molar-refractivity contribution in [1.82, 2.24) is 9.80 Å². The molecule has 2 aliphatic heterocycles. The topological polar surface area (TPSA) is 75.9 Å². The Morgan fingerprint density at radius 1 is 1.45 bits per heavy atom. The van der Waals surface area contributed by atoms with Crippen LogP contribution in [-0.4, -0.2) is 68.1 Å². The van der Waals surface area contributed by atoms with Crippen molar-refractivity contribution in [1.29, 1.82) is 0 Å². The molecular weight excluding hydrogens is 282 g/mol. The van der Waals surface area contributed by atoms with Crippen LogP contribution in [0.3, 0.4) is 0 Å². The van der Waals surface area contributed by atoms with Crippen LogP contribution in [0, 0.1) is 11.8 Å². The second-order valence-electron chi connectivity index (χ2n) is 5.41. The number of likely N-dealkylation sites (tertiary alicyclic amines) is 2. The highest BCUT2D eigenvalue weighted by molar-refractivity contribution is 5.89. The number of carbonyl (C=O) groups excluding carboxylic acids is 2. The van der Waals surface area contributed by atoms with E-state index in [1.165, 1.54) is 0 Å². The van der Waals surface area contributed by atoms with Gasteiger partial charge in [-0.15, -0.1) is 12.4 Å². The molecule has 2 amide bonds. The highest BCUT2D eigenvalue weighted by atomic mass is 35.5. The lowest BCUT2D eigenvalue weighted by Gasteiger charge is -2.21. The number of nitrogens with two attached hydrogens (primary N) is 1. The van der Waals surface area contributed by atoms with Crippen molar-refractivity contribution in [3.8, 4) is 0 Å². The Morgan fingerprint density at radius 3 is 2.80 bits per heavy atom. The van der Waals surface area contributed by atoms with Crippen LogP contribution in [0.2, 0.25) is 0 Å². The fraction of sp³-hybridized carbons (Fsp3) is 0.846. The summed E-state index contributed by atoms with van der Waals surface area (Å²) in [5, 5.41) is 0. The van der Waals surface area contributed by atoms with Gasteiger partial charge in [0.2, 0.25) is 11.8 Å². The first-order valence-electron chi connectivity index (χ1n) is 6.91. The Balaban J connectivity index is 0.00000200. The lowest BCUT2D eigenvalue weighted by molar-refractivity contribution is -0.135. The van der Waals surface area contributed by atoms with E-state index in [-0.39, 0.29) is 30.1 Å². The van der Waals surface area contributed by atoms with Gasteiger partial charge >= 0.3 is 0 Å². The molecule has 2 rings (SSSR count). The molecule has 7 heteroatoms. The van der Waals surface area contributed by atoms with Crippen LogP contribution in [0.25, 0.3) is 0 Å². The number of carbonyl (C=O) groups is 2. The van der Waals surface area contributed by atoms with E-state index in [4.69, 9.17) is 10.5 Å². The van der Waals surface area contributed by atoms with Crippen molar-refractivity contribution in [2.24, 2.45) is 17.6 Å². The number of hydrogen-bond donors (Lipinski definition) is 1. The lowest BCUT2D eigenvalue weighted by Crippen LogP contribution is -2.36. The van der Waals surface area contributed by atoms with Crippen molar-refractivity contribution in [3.05, 3.63) is 0 Å². The van der Waals surface area contributed by atoms with E-state index in [2.05, 4.69) is 0 Å². The summed E-state index contributed by atoms with van der Waals surface area (Å²) in [5.74, 6) is 0.417. The third-order valence-electron chi connectivity index (χ3n) is 4.06. The summed E-state index contributed by atoms with van der Waals surface area (Å²) in [4.78, 5) is 27.8. The van der Waals surface area contributed by atoms with Gasteiger partial charge in [0, 0.05) is 39.7 Å². The van der Waals surface area contributed by atoms with E-state index in [1.54, 1.807) is 12.0 Å². The van der Waals surface area contributed by atoms with E-state index in [0.717, 1.165) is 19.5 Å². The monoisotopic (exact) mass is 305 g/mol. The van der Waals surface area contributed by atoms with Crippen LogP contribution in [0.1, 0.15) is 12.8 Å². The number of halogens is 1. The van der Waals surface area contributed by atoms with Crippen molar-refractivity contribution >= 4 is 24.2 Å². The average molecular weight is 306 g/mol. The summed E-state index contributed by atoms with van der Waals surface area (Å²) in [5.41, 5.74) is 5.63. The van der Waals surface area contributed by atoms with Gasteiger partial charge in [0.25, 0.3) is 0 Å². The molecule has 2 N–H and O–H groups in total. The van der Waals surface area contributed by atoms with E-state index in [0.29, 0.717) is 38.6 Å². The first kappa shape index (κ1) is 17.2. The van der Waals surface area contributed by atoms with Crippen molar-refractivity contribution in [2.75, 3.05) is 46.4 Å². The molecule has 0 saturated carbocycles. The van der Waals surface area contributed by atoms with Gasteiger partial charge < -0.3 is 20.3 Å². The number of hydrogen-bond acceptors (Lipinski definition) is 4. The second kappa shape index (κ2) is 7.81. The zero-order valence-electron chi connectivity index (χ0n) is 11.9. The maximum atomic E-state index is 12.3. The molecule has 0 radical (unpaired) electrons. The zero-order valence-corrected chi connectivity index (χ0v) is 12.7. The summed E-state index contributed by atoms with van der Waals surface area (Å²) in [6.45, 7) is 3.79. The summed E-state index contributed by atoms with van der Waals surface area (Å²) in [6.07, 6.45) is 1.32. The van der Waals surface area contributed by atoms with E-state index >= 15 is 0 Å². The number of rotatable bonds is 5. The van der Waals surface area contributed by atoms with Gasteiger partial charge in [-0.05, 0) is 18.9 Å². The quantitative estimate of drug-likeness (QED) is 0.757. The first-order valence-corrected chi connectivity index (χ1v) is 6.91. The van der Waals surface area contributed by atoms with E-state index < -0.39 is 0 Å². The Labute approximate surface area is 126 Å². The third-order valence-corrected chi connectivity index (χ3v) is 4.06. The Bertz CT molecular complexity index is 354. The van der Waals surface area contributed by atoms with Gasteiger partial charge in [-0.2, -0.15) is 0 Å². The summed E-state index contributed by atoms with van der Waals surface area (Å²) in [6, 6.07) is 0. The van der Waals surface area contributed by atoms with Crippen molar-refractivity contribution < 1.29 is 14.3 Å². The van der Waals surface area contributed by atoms with Gasteiger partial charge in [0.05, 0.1) is 12.5 Å². The van der Waals surface area contributed by atoms with Crippen LogP contribution in [-0.2, 0) is 14.3 Å². The molecule has 0 aromatic carbocycles. The van der Waals surface area contributed by atoms with Gasteiger partial charge in [0.15, 0.2) is 0 Å². The lowest BCUT2D eigenvalue weighted by atomic mass is 10.1. The minimum absolute atomic E-state index is 0. The maximum Gasteiger partial charge on any atom is 0.228 e. The van der Waals surface area contributed by atoms with E-state index in [1.807, 2.05) is 4.90 Å². The van der Waals surface area contributed by atoms with Gasteiger partial charge in [-0.3, -0.25) is 9.59 Å². The van der Waals surface area contributed by atoms with Crippen LogP contribution >= 0.6 is 12.4 Å². The molecule has 2 fully saturated rings. The molecule has 2 atom stereocenters. The van der Waals surface area contributed by atoms with Crippen LogP contribution in [0.15, 0.2) is 0 Å². The largest absolute Gasteiger partial charge is 0.383 e. The summed E-state index contributed by atoms with van der Waals surface area (Å²) < 4.78 is 4.97. The first-order chi connectivity index (χ1) is 9.15. The van der Waals surface area contributed by atoms with Gasteiger partial charge in [-0.25, -0.2) is 0 Å². The molecule has 0 aliphatic carbocycles. The number of methoxy groups -OCH3 is 1. The van der Waals surface area contributed by atoms with Crippen LogP contribution in [0.4, 0.5) is 0 Å². The van der Waals surface area contributed by atoms with Gasteiger partial charge in [0.1, 0.15) is 0 Å². The molecule has 20 heavy (non-hydrogen) atoms. The minimum Gasteiger partial charge on any atom is -0.383 e. The van der Waals surface area contributed by atoms with Crippen LogP contribution < -0.4 is 5.73 Å². The van der Waals surface area contributed by atoms with Crippen LogP contribution in [0.5, 0.6) is 0 Å². The number of ether oxygens (including phenoxy) is 1. The SMILES string of the molecule is COCCN1CC(C(=O)N2CCC(CN)C2)CC1=O.Cl. The molecule has 2 aliphatic rings. The summed E-state index contributed by atoms with van der Waals surface area (Å²) >= 11 is 0. The predicted molar refractivity (Wildman–Crippen MR) is 77.6 cm³/mol. The smallest absolute Gasteiger partial charge is 0.228 e. The van der Waals surface area contributed by atoms with Gasteiger partial charge in [-0.1, -0.05) is 0 Å². The standard InChI is InChI=1S/C13H23N3O3.ClH/c1-19-5-4-15-9-11(6-12(15)17)13(18)16-3-2-10(7-14)8-16;/h10-11H,2-9,14H2,1H3;1H. The fourth-order valence-electron chi connectivity index (χ4n) is 2.84. The molecule has 0 aromatic rings. The molecule has 2 heterocycles. The Morgan fingerprint density at radius 2 is 2.20 bits per heavy atom. The van der Waals surface area contributed by atoms with Crippen molar-refractivity contribution in [2.45, 2.75) is 12.8 Å². The Hall–Kier alpha value is -0.850. The van der Waals surface area contributed by atoms with E-state index in [9.17, 15) is 9.59 Å². The number of amides is 2. The minimum atomic E-state index is -0.180. The molecule has 2 unspecified atom stereocenters. The molecule has 2 saturated heterocycles.